The predicted molar refractivity (Wildman–Crippen MR) is 100 cm³/mol. The normalized spacial score (nSPS) is 16.2. The molecule has 2 N–H and O–H groups in total. The smallest absolute Gasteiger partial charge is 0.319 e. The highest BCUT2D eigenvalue weighted by Crippen LogP contribution is 2.20. The van der Waals surface area contributed by atoms with E-state index >= 15 is 0 Å². The van der Waals surface area contributed by atoms with Crippen molar-refractivity contribution in [2.45, 2.75) is 13.0 Å². The fourth-order valence-corrected chi connectivity index (χ4v) is 3.06. The number of hydrogen-bond donors (Lipinski definition) is 2. The second-order valence-corrected chi connectivity index (χ2v) is 6.47. The second kappa shape index (κ2) is 8.31. The summed E-state index contributed by atoms with van der Waals surface area (Å²) in [6, 6.07) is 15.0. The minimum Gasteiger partial charge on any atom is -0.338 e. The minimum atomic E-state index is -0.519. The second-order valence-electron chi connectivity index (χ2n) is 6.47. The van der Waals surface area contributed by atoms with E-state index in [-0.39, 0.29) is 17.5 Å². The first-order valence-electron chi connectivity index (χ1n) is 8.62. The maximum absolute atomic E-state index is 12.2. The van der Waals surface area contributed by atoms with E-state index in [2.05, 4.69) is 10.6 Å². The number of nitro groups is 1. The fraction of sp³-hybridized carbons (Fsp3) is 0.263. The van der Waals surface area contributed by atoms with E-state index in [0.29, 0.717) is 31.7 Å². The molecule has 0 aromatic heterocycles. The van der Waals surface area contributed by atoms with E-state index in [0.717, 1.165) is 5.56 Å². The Hall–Kier alpha value is -3.42. The zero-order chi connectivity index (χ0) is 19.2. The molecule has 2 aromatic rings. The molecular weight excluding hydrogens is 348 g/mol. The van der Waals surface area contributed by atoms with Gasteiger partial charge in [0.1, 0.15) is 0 Å². The van der Waals surface area contributed by atoms with Crippen molar-refractivity contribution in [1.82, 2.24) is 10.2 Å². The van der Waals surface area contributed by atoms with Gasteiger partial charge >= 0.3 is 6.03 Å². The van der Waals surface area contributed by atoms with Gasteiger partial charge in [0.25, 0.3) is 5.69 Å². The Kier molecular flexibility index (Phi) is 5.65. The van der Waals surface area contributed by atoms with Crippen LogP contribution in [0.4, 0.5) is 16.2 Å². The maximum Gasteiger partial charge on any atom is 0.319 e. The Morgan fingerprint density at radius 2 is 1.96 bits per heavy atom. The van der Waals surface area contributed by atoms with Gasteiger partial charge in [0.2, 0.25) is 5.91 Å². The third-order valence-corrected chi connectivity index (χ3v) is 4.38. The van der Waals surface area contributed by atoms with Crippen molar-refractivity contribution in [3.8, 4) is 0 Å². The van der Waals surface area contributed by atoms with Crippen molar-refractivity contribution in [3.05, 3.63) is 70.3 Å². The summed E-state index contributed by atoms with van der Waals surface area (Å²) in [7, 11) is 0. The van der Waals surface area contributed by atoms with Crippen LogP contribution in [0.3, 0.4) is 0 Å². The number of anilines is 1. The minimum absolute atomic E-state index is 0.0390. The van der Waals surface area contributed by atoms with Gasteiger partial charge < -0.3 is 15.5 Å². The summed E-state index contributed by atoms with van der Waals surface area (Å²) in [6.45, 7) is 1.51. The van der Waals surface area contributed by atoms with Crippen LogP contribution in [0.2, 0.25) is 0 Å². The van der Waals surface area contributed by atoms with Crippen LogP contribution in [0.25, 0.3) is 0 Å². The predicted octanol–water partition coefficient (Wildman–Crippen LogP) is 2.77. The molecule has 8 heteroatoms. The maximum atomic E-state index is 12.2. The number of urea groups is 1. The molecule has 1 aliphatic heterocycles. The molecule has 1 saturated heterocycles. The Labute approximate surface area is 156 Å². The van der Waals surface area contributed by atoms with Crippen molar-refractivity contribution in [2.75, 3.05) is 18.4 Å². The number of nitrogens with one attached hydrogen (secondary N) is 2. The standard InChI is InChI=1S/C19H20N4O4/c24-18-9-15(13-22(18)12-14-5-2-1-3-6-14)11-20-19(25)21-16-7-4-8-17(10-16)23(26)27/h1-8,10,15H,9,11-13H2,(H2,20,21,25)/t15-/m0/s1. The van der Waals surface area contributed by atoms with Crippen LogP contribution in [0, 0.1) is 16.0 Å². The number of carbonyl (C=O) groups is 2. The molecule has 1 fully saturated rings. The Morgan fingerprint density at radius 1 is 1.19 bits per heavy atom. The molecule has 3 rings (SSSR count). The van der Waals surface area contributed by atoms with Crippen molar-refractivity contribution >= 4 is 23.3 Å². The third-order valence-electron chi connectivity index (χ3n) is 4.38. The molecule has 0 saturated carbocycles. The van der Waals surface area contributed by atoms with Gasteiger partial charge in [-0.3, -0.25) is 14.9 Å². The van der Waals surface area contributed by atoms with Crippen molar-refractivity contribution < 1.29 is 14.5 Å². The van der Waals surface area contributed by atoms with E-state index < -0.39 is 11.0 Å². The van der Waals surface area contributed by atoms with E-state index in [1.165, 1.54) is 18.2 Å². The molecule has 0 aliphatic carbocycles. The van der Waals surface area contributed by atoms with Gasteiger partial charge in [-0.05, 0) is 11.6 Å². The largest absolute Gasteiger partial charge is 0.338 e. The number of benzene rings is 2. The molecule has 0 spiro atoms. The molecule has 3 amide bonds. The van der Waals surface area contributed by atoms with Gasteiger partial charge in [0, 0.05) is 49.8 Å². The molecule has 0 bridgehead atoms. The lowest BCUT2D eigenvalue weighted by atomic mass is 10.1. The average Bonchev–Trinajstić information content (AvgIpc) is 3.00. The SMILES string of the molecule is O=C(NC[C@@H]1CC(=O)N(Cc2ccccc2)C1)Nc1cccc([N+](=O)[O-])c1. The number of non-ortho nitro benzene ring substituents is 1. The number of carbonyl (C=O) groups excluding carboxylic acids is 2. The van der Waals surface area contributed by atoms with Gasteiger partial charge in [0.05, 0.1) is 4.92 Å². The van der Waals surface area contributed by atoms with E-state index in [1.54, 1.807) is 11.0 Å². The highest BCUT2D eigenvalue weighted by molar-refractivity contribution is 5.89. The summed E-state index contributed by atoms with van der Waals surface area (Å²) in [4.78, 5) is 36.2. The highest BCUT2D eigenvalue weighted by Gasteiger charge is 2.29. The number of likely N-dealkylation sites (tertiary alicyclic amines) is 1. The molecule has 0 unspecified atom stereocenters. The lowest BCUT2D eigenvalue weighted by Crippen LogP contribution is -2.34. The third kappa shape index (κ3) is 5.04. The number of nitrogens with zero attached hydrogens (tertiary/aromatic N) is 2. The van der Waals surface area contributed by atoms with Crippen LogP contribution in [-0.4, -0.2) is 34.9 Å². The summed E-state index contributed by atoms with van der Waals surface area (Å²) >= 11 is 0. The van der Waals surface area contributed by atoms with Crippen molar-refractivity contribution in [2.24, 2.45) is 5.92 Å². The fourth-order valence-electron chi connectivity index (χ4n) is 3.06. The molecule has 1 heterocycles. The zero-order valence-electron chi connectivity index (χ0n) is 14.6. The van der Waals surface area contributed by atoms with Gasteiger partial charge in [-0.1, -0.05) is 36.4 Å². The molecule has 0 radical (unpaired) electrons. The topological polar surface area (TPSA) is 105 Å². The lowest BCUT2D eigenvalue weighted by molar-refractivity contribution is -0.384. The first kappa shape index (κ1) is 18.4. The Balaban J connectivity index is 1.47. The summed E-state index contributed by atoms with van der Waals surface area (Å²) in [5, 5.41) is 16.1. The zero-order valence-corrected chi connectivity index (χ0v) is 14.6. The summed E-state index contributed by atoms with van der Waals surface area (Å²) in [5.41, 5.74) is 1.32. The monoisotopic (exact) mass is 368 g/mol. The summed E-state index contributed by atoms with van der Waals surface area (Å²) < 4.78 is 0. The van der Waals surface area contributed by atoms with Crippen LogP contribution in [0.15, 0.2) is 54.6 Å². The van der Waals surface area contributed by atoms with E-state index in [1.807, 2.05) is 30.3 Å². The number of amides is 3. The van der Waals surface area contributed by atoms with Gasteiger partial charge in [-0.25, -0.2) is 4.79 Å². The summed E-state index contributed by atoms with van der Waals surface area (Å²) in [5.74, 6) is 0.113. The van der Waals surface area contributed by atoms with E-state index in [4.69, 9.17) is 0 Å². The number of nitro benzene ring substituents is 1. The quantitative estimate of drug-likeness (QED) is 0.604. The molecular formula is C19H20N4O4. The van der Waals surface area contributed by atoms with Crippen LogP contribution in [0.5, 0.6) is 0 Å². The molecule has 27 heavy (non-hydrogen) atoms. The first-order valence-corrected chi connectivity index (χ1v) is 8.62. The lowest BCUT2D eigenvalue weighted by Gasteiger charge is -2.17. The molecule has 2 aromatic carbocycles. The summed E-state index contributed by atoms with van der Waals surface area (Å²) in [6.07, 6.45) is 0.393. The van der Waals surface area contributed by atoms with Crippen LogP contribution in [-0.2, 0) is 11.3 Å². The Morgan fingerprint density at radius 3 is 2.70 bits per heavy atom. The Bertz CT molecular complexity index is 841. The van der Waals surface area contributed by atoms with Crippen molar-refractivity contribution in [3.63, 3.8) is 0 Å². The molecule has 1 atom stereocenters. The van der Waals surface area contributed by atoms with Crippen LogP contribution >= 0.6 is 0 Å². The molecule has 8 nitrogen and oxygen atoms in total. The number of rotatable bonds is 6. The number of hydrogen-bond acceptors (Lipinski definition) is 4. The van der Waals surface area contributed by atoms with Crippen LogP contribution in [0.1, 0.15) is 12.0 Å². The van der Waals surface area contributed by atoms with E-state index in [9.17, 15) is 19.7 Å². The van der Waals surface area contributed by atoms with Gasteiger partial charge in [-0.2, -0.15) is 0 Å². The molecule has 140 valence electrons. The highest BCUT2D eigenvalue weighted by atomic mass is 16.6. The van der Waals surface area contributed by atoms with Gasteiger partial charge in [0.15, 0.2) is 0 Å². The van der Waals surface area contributed by atoms with Gasteiger partial charge in [-0.15, -0.1) is 0 Å². The van der Waals surface area contributed by atoms with Crippen molar-refractivity contribution in [1.29, 1.82) is 0 Å². The average molecular weight is 368 g/mol. The molecule has 1 aliphatic rings. The van der Waals surface area contributed by atoms with Crippen LogP contribution < -0.4 is 10.6 Å². The first-order chi connectivity index (χ1) is 13.0.